The van der Waals surface area contributed by atoms with Crippen molar-refractivity contribution in [1.82, 2.24) is 15.5 Å². The van der Waals surface area contributed by atoms with Crippen molar-refractivity contribution in [2.75, 3.05) is 26.7 Å². The van der Waals surface area contributed by atoms with Crippen LogP contribution in [0, 0.1) is 5.92 Å². The number of nitrogens with zero attached hydrogens (tertiary/aromatic N) is 2. The monoisotopic (exact) mass is 348 g/mol. The van der Waals surface area contributed by atoms with Gasteiger partial charge in [-0.3, -0.25) is 9.89 Å². The van der Waals surface area contributed by atoms with Crippen LogP contribution in [0.5, 0.6) is 0 Å². The van der Waals surface area contributed by atoms with Gasteiger partial charge in [0.15, 0.2) is 5.96 Å². The molecule has 2 heterocycles. The molecule has 1 saturated heterocycles. The van der Waals surface area contributed by atoms with Gasteiger partial charge in [-0.25, -0.2) is 0 Å². The molecule has 1 aliphatic carbocycles. The van der Waals surface area contributed by atoms with Crippen LogP contribution >= 0.6 is 11.3 Å². The average Bonchev–Trinajstić information content (AvgIpc) is 3.13. The fraction of sp³-hybridized carbons (Fsp3) is 0.737. The van der Waals surface area contributed by atoms with E-state index in [0.29, 0.717) is 6.04 Å². The van der Waals surface area contributed by atoms with Gasteiger partial charge in [0.05, 0.1) is 0 Å². The highest BCUT2D eigenvalue weighted by Crippen LogP contribution is 2.20. The van der Waals surface area contributed by atoms with Crippen LogP contribution in [-0.2, 0) is 6.54 Å². The van der Waals surface area contributed by atoms with Gasteiger partial charge in [-0.1, -0.05) is 25.3 Å². The molecule has 1 aromatic rings. The molecule has 1 unspecified atom stereocenters. The standard InChI is InChI=1S/C19H32N4S/c1-20-19(22-17-8-3-2-4-9-17)21-13-16-7-5-11-23(14-16)15-18-10-6-12-24-18/h6,10,12,16-17H,2-5,7-9,11,13-15H2,1H3,(H2,20,21,22). The van der Waals surface area contributed by atoms with Gasteiger partial charge in [-0.05, 0) is 49.6 Å². The van der Waals surface area contributed by atoms with E-state index in [-0.39, 0.29) is 0 Å². The first-order chi connectivity index (χ1) is 11.8. The minimum atomic E-state index is 0.617. The highest BCUT2D eigenvalue weighted by Gasteiger charge is 2.21. The molecule has 1 aliphatic heterocycles. The van der Waals surface area contributed by atoms with Gasteiger partial charge < -0.3 is 10.6 Å². The van der Waals surface area contributed by atoms with Gasteiger partial charge >= 0.3 is 0 Å². The molecule has 134 valence electrons. The first-order valence-electron chi connectivity index (χ1n) is 9.55. The van der Waals surface area contributed by atoms with Crippen LogP contribution in [-0.4, -0.2) is 43.6 Å². The van der Waals surface area contributed by atoms with Crippen molar-refractivity contribution in [3.8, 4) is 0 Å². The Kier molecular flexibility index (Phi) is 6.97. The number of piperidine rings is 1. The molecule has 24 heavy (non-hydrogen) atoms. The molecule has 1 saturated carbocycles. The van der Waals surface area contributed by atoms with E-state index in [0.717, 1.165) is 25.0 Å². The smallest absolute Gasteiger partial charge is 0.191 e. The van der Waals surface area contributed by atoms with E-state index in [1.54, 1.807) is 0 Å². The Morgan fingerprint density at radius 1 is 1.25 bits per heavy atom. The predicted octanol–water partition coefficient (Wildman–Crippen LogP) is 3.46. The Hall–Kier alpha value is -1.07. The molecule has 0 bridgehead atoms. The first-order valence-corrected chi connectivity index (χ1v) is 10.4. The molecule has 0 spiro atoms. The zero-order valence-corrected chi connectivity index (χ0v) is 15.8. The summed E-state index contributed by atoms with van der Waals surface area (Å²) in [6.07, 6.45) is 9.33. The number of thiophene rings is 1. The third-order valence-corrected chi connectivity index (χ3v) is 6.15. The lowest BCUT2D eigenvalue weighted by Gasteiger charge is -2.33. The molecular weight excluding hydrogens is 316 g/mol. The molecule has 2 aliphatic rings. The number of hydrogen-bond donors (Lipinski definition) is 2. The Bertz CT molecular complexity index is 493. The second kappa shape index (κ2) is 9.42. The lowest BCUT2D eigenvalue weighted by atomic mass is 9.95. The van der Waals surface area contributed by atoms with Crippen LogP contribution in [0.15, 0.2) is 22.5 Å². The van der Waals surface area contributed by atoms with Crippen LogP contribution in [0.25, 0.3) is 0 Å². The van der Waals surface area contributed by atoms with E-state index in [1.807, 2.05) is 18.4 Å². The third-order valence-electron chi connectivity index (χ3n) is 5.29. The highest BCUT2D eigenvalue weighted by molar-refractivity contribution is 7.09. The van der Waals surface area contributed by atoms with E-state index in [4.69, 9.17) is 0 Å². The minimum Gasteiger partial charge on any atom is -0.356 e. The van der Waals surface area contributed by atoms with Gasteiger partial charge in [-0.15, -0.1) is 11.3 Å². The topological polar surface area (TPSA) is 39.7 Å². The fourth-order valence-corrected chi connectivity index (χ4v) is 4.71. The second-order valence-electron chi connectivity index (χ2n) is 7.26. The highest BCUT2D eigenvalue weighted by atomic mass is 32.1. The van der Waals surface area contributed by atoms with Gasteiger partial charge in [0.25, 0.3) is 0 Å². The van der Waals surface area contributed by atoms with E-state index in [2.05, 4.69) is 38.0 Å². The predicted molar refractivity (Wildman–Crippen MR) is 104 cm³/mol. The first kappa shape index (κ1) is 17.7. The van der Waals surface area contributed by atoms with Crippen molar-refractivity contribution >= 4 is 17.3 Å². The zero-order chi connectivity index (χ0) is 16.6. The maximum absolute atomic E-state index is 4.43. The molecule has 5 heteroatoms. The molecule has 4 nitrogen and oxygen atoms in total. The van der Waals surface area contributed by atoms with Crippen LogP contribution in [0.2, 0.25) is 0 Å². The molecule has 1 atom stereocenters. The third kappa shape index (κ3) is 5.49. The summed E-state index contributed by atoms with van der Waals surface area (Å²) in [5, 5.41) is 9.38. The molecule has 0 aromatic carbocycles. The van der Waals surface area contributed by atoms with E-state index >= 15 is 0 Å². The summed E-state index contributed by atoms with van der Waals surface area (Å²) in [4.78, 5) is 8.52. The molecule has 0 radical (unpaired) electrons. The zero-order valence-electron chi connectivity index (χ0n) is 15.0. The van der Waals surface area contributed by atoms with E-state index in [1.165, 1.54) is 62.9 Å². The van der Waals surface area contributed by atoms with Gasteiger partial charge in [0.1, 0.15) is 0 Å². The van der Waals surface area contributed by atoms with Gasteiger partial charge in [0.2, 0.25) is 0 Å². The van der Waals surface area contributed by atoms with Crippen LogP contribution in [0.1, 0.15) is 49.8 Å². The molecular formula is C19H32N4S. The molecule has 1 aromatic heterocycles. The van der Waals surface area contributed by atoms with Gasteiger partial charge in [-0.2, -0.15) is 0 Å². The number of guanidine groups is 1. The average molecular weight is 349 g/mol. The summed E-state index contributed by atoms with van der Waals surface area (Å²) in [7, 11) is 1.89. The van der Waals surface area contributed by atoms with Crippen LogP contribution in [0.4, 0.5) is 0 Å². The van der Waals surface area contributed by atoms with Crippen LogP contribution in [0.3, 0.4) is 0 Å². The maximum Gasteiger partial charge on any atom is 0.191 e. The Balaban J connectivity index is 1.41. The maximum atomic E-state index is 4.43. The quantitative estimate of drug-likeness (QED) is 0.632. The second-order valence-corrected chi connectivity index (χ2v) is 8.29. The van der Waals surface area contributed by atoms with Gasteiger partial charge in [0, 0.05) is 37.6 Å². The summed E-state index contributed by atoms with van der Waals surface area (Å²) in [6, 6.07) is 5.03. The number of hydrogen-bond acceptors (Lipinski definition) is 3. The summed E-state index contributed by atoms with van der Waals surface area (Å²) < 4.78 is 0. The largest absolute Gasteiger partial charge is 0.356 e. The minimum absolute atomic E-state index is 0.617. The van der Waals surface area contributed by atoms with Crippen molar-refractivity contribution in [3.63, 3.8) is 0 Å². The van der Waals surface area contributed by atoms with E-state index in [9.17, 15) is 0 Å². The van der Waals surface area contributed by atoms with Crippen molar-refractivity contribution < 1.29 is 0 Å². The Labute approximate surface area is 150 Å². The number of rotatable bonds is 5. The van der Waals surface area contributed by atoms with Crippen LogP contribution < -0.4 is 10.6 Å². The van der Waals surface area contributed by atoms with Crippen molar-refractivity contribution in [2.24, 2.45) is 10.9 Å². The summed E-state index contributed by atoms with van der Waals surface area (Å²) in [5.74, 6) is 1.72. The summed E-state index contributed by atoms with van der Waals surface area (Å²) in [6.45, 7) is 4.59. The van der Waals surface area contributed by atoms with Crippen molar-refractivity contribution in [1.29, 1.82) is 0 Å². The molecule has 3 rings (SSSR count). The number of aliphatic imine (C=N–C) groups is 1. The number of nitrogens with one attached hydrogen (secondary N) is 2. The van der Waals surface area contributed by atoms with Crippen molar-refractivity contribution in [3.05, 3.63) is 22.4 Å². The Morgan fingerprint density at radius 3 is 2.88 bits per heavy atom. The molecule has 0 amide bonds. The lowest BCUT2D eigenvalue weighted by Crippen LogP contribution is -2.47. The van der Waals surface area contributed by atoms with E-state index < -0.39 is 0 Å². The lowest BCUT2D eigenvalue weighted by molar-refractivity contribution is 0.169. The molecule has 2 fully saturated rings. The van der Waals surface area contributed by atoms with Crippen molar-refractivity contribution in [2.45, 2.75) is 57.5 Å². The summed E-state index contributed by atoms with van der Waals surface area (Å²) >= 11 is 1.87. The SMILES string of the molecule is CN=C(NCC1CCCN(Cc2cccs2)C1)NC1CCCCC1. The number of likely N-dealkylation sites (tertiary alicyclic amines) is 1. The summed E-state index contributed by atoms with van der Waals surface area (Å²) in [5.41, 5.74) is 0. The Morgan fingerprint density at radius 2 is 2.12 bits per heavy atom. The fourth-order valence-electron chi connectivity index (χ4n) is 3.96. The molecule has 2 N–H and O–H groups in total. The normalized spacial score (nSPS) is 24.0.